The van der Waals surface area contributed by atoms with E-state index < -0.39 is 5.82 Å². The van der Waals surface area contributed by atoms with E-state index in [2.05, 4.69) is 10.3 Å². The van der Waals surface area contributed by atoms with Gasteiger partial charge in [-0.05, 0) is 24.3 Å². The quantitative estimate of drug-likeness (QED) is 0.894. The van der Waals surface area contributed by atoms with Crippen LogP contribution >= 0.6 is 0 Å². The summed E-state index contributed by atoms with van der Waals surface area (Å²) in [6.07, 6.45) is 1.57. The van der Waals surface area contributed by atoms with Crippen molar-refractivity contribution >= 4 is 17.3 Å². The fraction of sp³-hybridized carbons (Fsp3) is 0.143. The standard InChI is InChI=1S/C14H14FN3O2/c1-20-13-5-4-11(6-12(13)15)18-14(19)7-10-3-2-9(16)8-17-10/h2-6,8H,7,16H2,1H3,(H,18,19). The van der Waals surface area contributed by atoms with E-state index >= 15 is 0 Å². The first-order chi connectivity index (χ1) is 9.58. The number of rotatable bonds is 4. The highest BCUT2D eigenvalue weighted by molar-refractivity contribution is 5.92. The second kappa shape index (κ2) is 6.01. The van der Waals surface area contributed by atoms with E-state index in [0.717, 1.165) is 0 Å². The topological polar surface area (TPSA) is 77.2 Å². The second-order valence-electron chi connectivity index (χ2n) is 4.16. The zero-order valence-electron chi connectivity index (χ0n) is 10.9. The van der Waals surface area contributed by atoms with Gasteiger partial charge >= 0.3 is 0 Å². The first kappa shape index (κ1) is 13.8. The lowest BCUT2D eigenvalue weighted by atomic mass is 10.2. The molecule has 2 rings (SSSR count). The van der Waals surface area contributed by atoms with Gasteiger partial charge in [0.15, 0.2) is 11.6 Å². The molecule has 0 bridgehead atoms. The number of nitrogens with zero attached hydrogens (tertiary/aromatic N) is 1. The predicted molar refractivity (Wildman–Crippen MR) is 73.9 cm³/mol. The van der Waals surface area contributed by atoms with Crippen LogP contribution in [0, 0.1) is 5.82 Å². The summed E-state index contributed by atoms with van der Waals surface area (Å²) < 4.78 is 18.3. The van der Waals surface area contributed by atoms with Gasteiger partial charge in [0.25, 0.3) is 0 Å². The molecule has 0 spiro atoms. The van der Waals surface area contributed by atoms with E-state index in [-0.39, 0.29) is 18.1 Å². The zero-order chi connectivity index (χ0) is 14.5. The Morgan fingerprint density at radius 2 is 2.20 bits per heavy atom. The second-order valence-corrected chi connectivity index (χ2v) is 4.16. The average molecular weight is 275 g/mol. The highest BCUT2D eigenvalue weighted by atomic mass is 19.1. The fourth-order valence-electron chi connectivity index (χ4n) is 1.65. The van der Waals surface area contributed by atoms with E-state index in [0.29, 0.717) is 17.1 Å². The maximum atomic E-state index is 13.5. The van der Waals surface area contributed by atoms with Crippen LogP contribution in [-0.4, -0.2) is 18.0 Å². The minimum Gasteiger partial charge on any atom is -0.494 e. The normalized spacial score (nSPS) is 10.1. The van der Waals surface area contributed by atoms with E-state index in [1.54, 1.807) is 18.2 Å². The Kier molecular flexibility index (Phi) is 4.14. The van der Waals surface area contributed by atoms with Crippen molar-refractivity contribution in [1.29, 1.82) is 0 Å². The maximum absolute atomic E-state index is 13.5. The highest BCUT2D eigenvalue weighted by Crippen LogP contribution is 2.20. The minimum absolute atomic E-state index is 0.0912. The van der Waals surface area contributed by atoms with Crippen LogP contribution in [0.5, 0.6) is 5.75 Å². The zero-order valence-corrected chi connectivity index (χ0v) is 10.9. The summed E-state index contributed by atoms with van der Waals surface area (Å²) in [5.41, 5.74) is 7.00. The molecule has 0 aliphatic heterocycles. The van der Waals surface area contributed by atoms with E-state index in [1.165, 1.54) is 25.4 Å². The number of pyridine rings is 1. The molecule has 0 atom stereocenters. The number of hydrogen-bond donors (Lipinski definition) is 2. The SMILES string of the molecule is COc1ccc(NC(=O)Cc2ccc(N)cn2)cc1F. The van der Waals surface area contributed by atoms with E-state index in [9.17, 15) is 9.18 Å². The molecule has 0 radical (unpaired) electrons. The summed E-state index contributed by atoms with van der Waals surface area (Å²) >= 11 is 0. The highest BCUT2D eigenvalue weighted by Gasteiger charge is 2.08. The molecule has 6 heteroatoms. The molecule has 3 N–H and O–H groups in total. The number of aromatic nitrogens is 1. The van der Waals surface area contributed by atoms with Crippen molar-refractivity contribution in [3.8, 4) is 5.75 Å². The van der Waals surface area contributed by atoms with Crippen LogP contribution in [0.2, 0.25) is 0 Å². The maximum Gasteiger partial charge on any atom is 0.230 e. The summed E-state index contributed by atoms with van der Waals surface area (Å²) in [6, 6.07) is 7.56. The molecular formula is C14H14FN3O2. The monoisotopic (exact) mass is 275 g/mol. The van der Waals surface area contributed by atoms with Gasteiger partial charge in [0, 0.05) is 17.4 Å². The van der Waals surface area contributed by atoms with Crippen molar-refractivity contribution in [2.24, 2.45) is 0 Å². The van der Waals surface area contributed by atoms with Crippen LogP contribution in [0.25, 0.3) is 0 Å². The summed E-state index contributed by atoms with van der Waals surface area (Å²) in [5.74, 6) is -0.689. The van der Waals surface area contributed by atoms with Crippen molar-refractivity contribution in [3.05, 3.63) is 48.0 Å². The molecule has 0 aliphatic rings. The molecule has 1 amide bonds. The number of nitrogens with one attached hydrogen (secondary N) is 1. The third-order valence-corrected chi connectivity index (χ3v) is 2.62. The largest absolute Gasteiger partial charge is 0.494 e. The fourth-order valence-corrected chi connectivity index (χ4v) is 1.65. The van der Waals surface area contributed by atoms with Gasteiger partial charge in [-0.15, -0.1) is 0 Å². The van der Waals surface area contributed by atoms with Gasteiger partial charge in [0.2, 0.25) is 5.91 Å². The van der Waals surface area contributed by atoms with Crippen molar-refractivity contribution < 1.29 is 13.9 Å². The van der Waals surface area contributed by atoms with Crippen molar-refractivity contribution in [2.75, 3.05) is 18.2 Å². The third-order valence-electron chi connectivity index (χ3n) is 2.62. The Morgan fingerprint density at radius 3 is 2.80 bits per heavy atom. The van der Waals surface area contributed by atoms with Gasteiger partial charge < -0.3 is 15.8 Å². The molecule has 1 heterocycles. The molecule has 0 saturated carbocycles. The molecule has 0 unspecified atom stereocenters. The molecule has 0 fully saturated rings. The predicted octanol–water partition coefficient (Wildman–Crippen LogP) is 1.99. The molecule has 2 aromatic rings. The number of methoxy groups -OCH3 is 1. The number of carbonyl (C=O) groups excluding carboxylic acids is 1. The lowest BCUT2D eigenvalue weighted by Crippen LogP contribution is -2.15. The number of carbonyl (C=O) groups is 1. The van der Waals surface area contributed by atoms with Crippen LogP contribution in [0.1, 0.15) is 5.69 Å². The minimum atomic E-state index is -0.532. The number of anilines is 2. The van der Waals surface area contributed by atoms with Crippen molar-refractivity contribution in [1.82, 2.24) is 4.98 Å². The van der Waals surface area contributed by atoms with Gasteiger partial charge in [0.1, 0.15) is 0 Å². The Bertz CT molecular complexity index is 614. The van der Waals surface area contributed by atoms with Gasteiger partial charge in [-0.2, -0.15) is 0 Å². The molecular weight excluding hydrogens is 261 g/mol. The molecule has 20 heavy (non-hydrogen) atoms. The number of halogens is 1. The lowest BCUT2D eigenvalue weighted by Gasteiger charge is -2.07. The summed E-state index contributed by atoms with van der Waals surface area (Å²) in [4.78, 5) is 15.8. The first-order valence-electron chi connectivity index (χ1n) is 5.92. The first-order valence-corrected chi connectivity index (χ1v) is 5.92. The number of benzene rings is 1. The molecule has 0 saturated heterocycles. The molecule has 104 valence electrons. The van der Waals surface area contributed by atoms with E-state index in [4.69, 9.17) is 10.5 Å². The Balaban J connectivity index is 2.01. The van der Waals surface area contributed by atoms with Gasteiger partial charge in [0.05, 0.1) is 25.4 Å². The Morgan fingerprint density at radius 1 is 1.40 bits per heavy atom. The van der Waals surface area contributed by atoms with Crippen LogP contribution in [-0.2, 0) is 11.2 Å². The summed E-state index contributed by atoms with van der Waals surface area (Å²) in [6.45, 7) is 0. The van der Waals surface area contributed by atoms with Crippen molar-refractivity contribution in [3.63, 3.8) is 0 Å². The number of amides is 1. The van der Waals surface area contributed by atoms with Crippen molar-refractivity contribution in [2.45, 2.75) is 6.42 Å². The summed E-state index contributed by atoms with van der Waals surface area (Å²) in [5, 5.41) is 2.59. The third kappa shape index (κ3) is 3.44. The van der Waals surface area contributed by atoms with Crippen LogP contribution in [0.3, 0.4) is 0 Å². The molecule has 0 aliphatic carbocycles. The van der Waals surface area contributed by atoms with Crippen LogP contribution in [0.15, 0.2) is 36.5 Å². The van der Waals surface area contributed by atoms with Crippen LogP contribution < -0.4 is 15.8 Å². The van der Waals surface area contributed by atoms with Gasteiger partial charge in [-0.1, -0.05) is 0 Å². The van der Waals surface area contributed by atoms with Crippen LogP contribution in [0.4, 0.5) is 15.8 Å². The molecule has 1 aromatic heterocycles. The average Bonchev–Trinajstić information content (AvgIpc) is 2.41. The molecule has 1 aromatic carbocycles. The number of nitrogen functional groups attached to an aromatic ring is 1. The van der Waals surface area contributed by atoms with Gasteiger partial charge in [-0.25, -0.2) is 4.39 Å². The Labute approximate surface area is 115 Å². The number of nitrogens with two attached hydrogens (primary N) is 1. The lowest BCUT2D eigenvalue weighted by molar-refractivity contribution is -0.115. The van der Waals surface area contributed by atoms with E-state index in [1.807, 2.05) is 0 Å². The summed E-state index contributed by atoms with van der Waals surface area (Å²) in [7, 11) is 1.38. The Hall–Kier alpha value is -2.63. The number of ether oxygens (including phenoxy) is 1. The smallest absolute Gasteiger partial charge is 0.230 e. The van der Waals surface area contributed by atoms with Gasteiger partial charge in [-0.3, -0.25) is 9.78 Å². The number of hydrogen-bond acceptors (Lipinski definition) is 4. The molecule has 5 nitrogen and oxygen atoms in total.